The van der Waals surface area contributed by atoms with Crippen molar-refractivity contribution in [2.24, 2.45) is 0 Å². The molecule has 9 heteroatoms. The van der Waals surface area contributed by atoms with Crippen LogP contribution in [-0.2, 0) is 6.18 Å². The monoisotopic (exact) mass is 315 g/mol. The normalized spacial score (nSPS) is 22.9. The van der Waals surface area contributed by atoms with Gasteiger partial charge in [0.25, 0.3) is 0 Å². The minimum Gasteiger partial charge on any atom is -0.339 e. The van der Waals surface area contributed by atoms with Crippen molar-refractivity contribution in [2.75, 3.05) is 31.1 Å². The van der Waals surface area contributed by atoms with Crippen molar-refractivity contribution in [3.05, 3.63) is 18.0 Å². The summed E-state index contributed by atoms with van der Waals surface area (Å²) < 4.78 is 38.2. The Balaban J connectivity index is 1.76. The molecule has 0 bridgehead atoms. The number of nitrogens with one attached hydrogen (secondary N) is 1. The van der Waals surface area contributed by atoms with Gasteiger partial charge in [-0.05, 0) is 18.9 Å². The maximum atomic E-state index is 12.7. The molecule has 3 heterocycles. The van der Waals surface area contributed by atoms with Gasteiger partial charge in [-0.3, -0.25) is 0 Å². The third-order valence-corrected chi connectivity index (χ3v) is 3.94. The van der Waals surface area contributed by atoms with E-state index in [1.807, 2.05) is 0 Å². The fraction of sp³-hybridized carbons (Fsp3) is 0.615. The van der Waals surface area contributed by atoms with Crippen molar-refractivity contribution in [1.82, 2.24) is 20.2 Å². The van der Waals surface area contributed by atoms with Crippen molar-refractivity contribution >= 4 is 12.0 Å². The van der Waals surface area contributed by atoms with Gasteiger partial charge in [-0.1, -0.05) is 0 Å². The van der Waals surface area contributed by atoms with Gasteiger partial charge in [0.2, 0.25) is 5.95 Å². The molecular formula is C13H16F3N5O. The Morgan fingerprint density at radius 2 is 2.14 bits per heavy atom. The summed E-state index contributed by atoms with van der Waals surface area (Å²) in [5, 5.41) is 2.74. The van der Waals surface area contributed by atoms with E-state index >= 15 is 0 Å². The number of carbonyl (C=O) groups is 1. The lowest BCUT2D eigenvalue weighted by Gasteiger charge is -2.37. The van der Waals surface area contributed by atoms with Crippen molar-refractivity contribution in [3.63, 3.8) is 0 Å². The summed E-state index contributed by atoms with van der Waals surface area (Å²) >= 11 is 0. The smallest absolute Gasteiger partial charge is 0.339 e. The van der Waals surface area contributed by atoms with Gasteiger partial charge in [-0.2, -0.15) is 13.2 Å². The topological polar surface area (TPSA) is 61.4 Å². The second-order valence-corrected chi connectivity index (χ2v) is 5.41. The van der Waals surface area contributed by atoms with Gasteiger partial charge in [-0.25, -0.2) is 14.8 Å². The predicted octanol–water partition coefficient (Wildman–Crippen LogP) is 1.49. The first-order valence-electron chi connectivity index (χ1n) is 7.15. The fourth-order valence-corrected chi connectivity index (χ4v) is 2.88. The van der Waals surface area contributed by atoms with Crippen LogP contribution in [0, 0.1) is 0 Å². The third-order valence-electron chi connectivity index (χ3n) is 3.94. The summed E-state index contributed by atoms with van der Waals surface area (Å²) in [7, 11) is 0. The standard InChI is InChI=1S/C13H16F3N5O/c14-13(15,16)10-3-4-17-11(19-10)20-6-1-2-9(8-20)21-7-5-18-12(21)22/h3-4,9H,1-2,5-8H2,(H,18,22). The van der Waals surface area contributed by atoms with Crippen LogP contribution < -0.4 is 10.2 Å². The molecule has 120 valence electrons. The number of halogens is 3. The van der Waals surface area contributed by atoms with Gasteiger partial charge < -0.3 is 15.1 Å². The van der Waals surface area contributed by atoms with Crippen molar-refractivity contribution < 1.29 is 18.0 Å². The molecule has 6 nitrogen and oxygen atoms in total. The van der Waals surface area contributed by atoms with E-state index in [4.69, 9.17) is 0 Å². The first kappa shape index (κ1) is 14.9. The van der Waals surface area contributed by atoms with E-state index in [9.17, 15) is 18.0 Å². The molecule has 1 aromatic rings. The predicted molar refractivity (Wildman–Crippen MR) is 72.4 cm³/mol. The quantitative estimate of drug-likeness (QED) is 0.898. The second kappa shape index (κ2) is 5.62. The van der Waals surface area contributed by atoms with Crippen LogP contribution in [0.5, 0.6) is 0 Å². The van der Waals surface area contributed by atoms with Crippen LogP contribution in [0.25, 0.3) is 0 Å². The van der Waals surface area contributed by atoms with Crippen LogP contribution in [0.4, 0.5) is 23.9 Å². The molecule has 1 atom stereocenters. The number of nitrogens with zero attached hydrogens (tertiary/aromatic N) is 4. The van der Waals surface area contributed by atoms with Crippen molar-refractivity contribution in [1.29, 1.82) is 0 Å². The summed E-state index contributed by atoms with van der Waals surface area (Å²) in [4.78, 5) is 22.7. The van der Waals surface area contributed by atoms with Crippen molar-refractivity contribution in [3.8, 4) is 0 Å². The number of hydrogen-bond donors (Lipinski definition) is 1. The molecule has 0 saturated carbocycles. The molecule has 1 aromatic heterocycles. The van der Waals surface area contributed by atoms with Gasteiger partial charge in [0.1, 0.15) is 5.69 Å². The average Bonchev–Trinajstić information content (AvgIpc) is 2.93. The molecule has 3 rings (SSSR count). The van der Waals surface area contributed by atoms with Crippen LogP contribution in [0.3, 0.4) is 0 Å². The van der Waals surface area contributed by atoms with Crippen LogP contribution >= 0.6 is 0 Å². The summed E-state index contributed by atoms with van der Waals surface area (Å²) in [6.07, 6.45) is -1.74. The maximum absolute atomic E-state index is 12.7. The molecule has 0 radical (unpaired) electrons. The number of rotatable bonds is 2. The fourth-order valence-electron chi connectivity index (χ4n) is 2.88. The Morgan fingerprint density at radius 3 is 2.82 bits per heavy atom. The van der Waals surface area contributed by atoms with Crippen molar-refractivity contribution in [2.45, 2.75) is 25.1 Å². The van der Waals surface area contributed by atoms with Gasteiger partial charge in [0.05, 0.1) is 6.04 Å². The molecule has 1 N–H and O–H groups in total. The molecular weight excluding hydrogens is 299 g/mol. The third kappa shape index (κ3) is 2.93. The number of amides is 2. The van der Waals surface area contributed by atoms with Crippen LogP contribution in [-0.4, -0.2) is 53.1 Å². The molecule has 2 aliphatic rings. The van der Waals surface area contributed by atoms with Crippen LogP contribution in [0.15, 0.2) is 12.3 Å². The maximum Gasteiger partial charge on any atom is 0.433 e. The summed E-state index contributed by atoms with van der Waals surface area (Å²) in [6.45, 7) is 2.28. The zero-order valence-corrected chi connectivity index (χ0v) is 11.8. The Morgan fingerprint density at radius 1 is 1.32 bits per heavy atom. The SMILES string of the molecule is O=C1NCCN1C1CCCN(c2nccc(C(F)(F)F)n2)C1. The Kier molecular flexibility index (Phi) is 3.79. The molecule has 0 aromatic carbocycles. The molecule has 2 saturated heterocycles. The molecule has 22 heavy (non-hydrogen) atoms. The molecule has 0 aliphatic carbocycles. The minimum atomic E-state index is -4.48. The molecule has 2 amide bonds. The van der Waals surface area contributed by atoms with E-state index in [1.165, 1.54) is 0 Å². The summed E-state index contributed by atoms with van der Waals surface area (Å²) in [5.41, 5.74) is -0.946. The molecule has 2 fully saturated rings. The van der Waals surface area contributed by atoms with Gasteiger partial charge >= 0.3 is 12.2 Å². The Labute approximate surface area is 125 Å². The molecule has 2 aliphatic heterocycles. The van der Waals surface area contributed by atoms with E-state index in [-0.39, 0.29) is 18.0 Å². The van der Waals surface area contributed by atoms with E-state index < -0.39 is 11.9 Å². The number of aromatic nitrogens is 2. The van der Waals surface area contributed by atoms with E-state index in [0.717, 1.165) is 25.1 Å². The number of carbonyl (C=O) groups excluding carboxylic acids is 1. The second-order valence-electron chi connectivity index (χ2n) is 5.41. The number of urea groups is 1. The highest BCUT2D eigenvalue weighted by Gasteiger charge is 2.35. The first-order valence-corrected chi connectivity index (χ1v) is 7.15. The number of piperidine rings is 1. The van der Waals surface area contributed by atoms with E-state index in [0.29, 0.717) is 26.2 Å². The lowest BCUT2D eigenvalue weighted by atomic mass is 10.0. The zero-order chi connectivity index (χ0) is 15.7. The summed E-state index contributed by atoms with van der Waals surface area (Å²) in [5.74, 6) is 0.0686. The largest absolute Gasteiger partial charge is 0.433 e. The van der Waals surface area contributed by atoms with E-state index in [1.54, 1.807) is 9.80 Å². The number of hydrogen-bond acceptors (Lipinski definition) is 4. The highest BCUT2D eigenvalue weighted by Crippen LogP contribution is 2.29. The average molecular weight is 315 g/mol. The summed E-state index contributed by atoms with van der Waals surface area (Å²) in [6, 6.07) is 0.727. The molecule has 1 unspecified atom stereocenters. The number of anilines is 1. The Hall–Kier alpha value is -2.06. The van der Waals surface area contributed by atoms with E-state index in [2.05, 4.69) is 15.3 Å². The molecule has 0 spiro atoms. The van der Waals surface area contributed by atoms with Gasteiger partial charge in [-0.15, -0.1) is 0 Å². The van der Waals surface area contributed by atoms with Gasteiger partial charge in [0.15, 0.2) is 0 Å². The van der Waals surface area contributed by atoms with Crippen LogP contribution in [0.1, 0.15) is 18.5 Å². The number of alkyl halides is 3. The Bertz CT molecular complexity index is 565. The lowest BCUT2D eigenvalue weighted by Crippen LogP contribution is -2.49. The minimum absolute atomic E-state index is 0.0191. The first-order chi connectivity index (χ1) is 10.4. The lowest BCUT2D eigenvalue weighted by molar-refractivity contribution is -0.141. The highest BCUT2D eigenvalue weighted by molar-refractivity contribution is 5.76. The van der Waals surface area contributed by atoms with Crippen LogP contribution in [0.2, 0.25) is 0 Å². The highest BCUT2D eigenvalue weighted by atomic mass is 19.4. The van der Waals surface area contributed by atoms with Gasteiger partial charge in [0, 0.05) is 32.4 Å². The zero-order valence-electron chi connectivity index (χ0n) is 11.8.